The summed E-state index contributed by atoms with van der Waals surface area (Å²) in [6, 6.07) is 0. The molecule has 0 aromatic carbocycles. The van der Waals surface area contributed by atoms with E-state index < -0.39 is 0 Å². The van der Waals surface area contributed by atoms with Gasteiger partial charge in [0.1, 0.15) is 5.78 Å². The molecule has 0 amide bonds. The molecule has 4 aliphatic carbocycles. The summed E-state index contributed by atoms with van der Waals surface area (Å²) in [6.07, 6.45) is 10.0. The van der Waals surface area contributed by atoms with Gasteiger partial charge in [0.15, 0.2) is 5.76 Å². The lowest BCUT2D eigenvalue weighted by Gasteiger charge is -2.57. The molecule has 0 aromatic rings. The Hall–Kier alpha value is -1.36. The van der Waals surface area contributed by atoms with Gasteiger partial charge in [-0.05, 0) is 86.5 Å². The number of ketones is 2. The number of thioether (sulfide) groups is 1. The number of Topliss-reactive ketones (excluding diaryl/α,β-unsaturated/α-hetero) is 1. The summed E-state index contributed by atoms with van der Waals surface area (Å²) in [5.41, 5.74) is 1.08. The molecule has 0 aromatic heterocycles. The Morgan fingerprint density at radius 3 is 2.63 bits per heavy atom. The molecular formula is C25H34O4S. The lowest BCUT2D eigenvalue weighted by Crippen LogP contribution is -2.50. The molecule has 4 nitrogen and oxygen atoms in total. The molecule has 6 atom stereocenters. The molecule has 0 aliphatic heterocycles. The Balaban J connectivity index is 1.60. The summed E-state index contributed by atoms with van der Waals surface area (Å²) >= 11 is 1.50. The number of esters is 1. The zero-order valence-electron chi connectivity index (χ0n) is 18.7. The van der Waals surface area contributed by atoms with Gasteiger partial charge in [-0.2, -0.15) is 11.8 Å². The van der Waals surface area contributed by atoms with E-state index in [9.17, 15) is 14.4 Å². The quantitative estimate of drug-likeness (QED) is 0.566. The Bertz CT molecular complexity index is 827. The molecule has 0 unspecified atom stereocenters. The third-order valence-electron chi connectivity index (χ3n) is 8.76. The highest BCUT2D eigenvalue weighted by atomic mass is 32.2. The molecule has 4 aliphatic rings. The number of carbonyl (C=O) groups excluding carboxylic acids is 3. The molecule has 0 spiro atoms. The van der Waals surface area contributed by atoms with Crippen LogP contribution in [0.3, 0.4) is 0 Å². The fraction of sp³-hybridized carbons (Fsp3) is 0.720. The van der Waals surface area contributed by atoms with Gasteiger partial charge in [-0.15, -0.1) is 0 Å². The van der Waals surface area contributed by atoms with Gasteiger partial charge in [-0.25, -0.2) is 0 Å². The number of ether oxygens (including phenoxy) is 1. The van der Waals surface area contributed by atoms with Crippen LogP contribution in [0.25, 0.3) is 0 Å². The summed E-state index contributed by atoms with van der Waals surface area (Å²) in [5, 5.41) is 0. The minimum atomic E-state index is -0.342. The van der Waals surface area contributed by atoms with Gasteiger partial charge < -0.3 is 4.74 Å². The normalized spacial score (nSPS) is 39.9. The first-order valence-corrected chi connectivity index (χ1v) is 12.6. The van der Waals surface area contributed by atoms with Crippen LogP contribution in [0.5, 0.6) is 0 Å². The summed E-state index contributed by atoms with van der Waals surface area (Å²) in [7, 11) is 0. The Morgan fingerprint density at radius 2 is 1.93 bits per heavy atom. The van der Waals surface area contributed by atoms with Crippen LogP contribution in [-0.4, -0.2) is 29.0 Å². The maximum Gasteiger partial charge on any atom is 0.321 e. The lowest BCUT2D eigenvalue weighted by molar-refractivity contribution is -0.139. The van der Waals surface area contributed by atoms with Gasteiger partial charge in [0.05, 0.1) is 5.75 Å². The topological polar surface area (TPSA) is 60.4 Å². The fourth-order valence-corrected chi connectivity index (χ4v) is 7.78. The minimum absolute atomic E-state index is 0.117. The van der Waals surface area contributed by atoms with Crippen LogP contribution in [0.15, 0.2) is 23.5 Å². The summed E-state index contributed by atoms with van der Waals surface area (Å²) in [6.45, 7) is 8.34. The zero-order valence-corrected chi connectivity index (χ0v) is 19.5. The minimum Gasteiger partial charge on any atom is -0.422 e. The van der Waals surface area contributed by atoms with Crippen molar-refractivity contribution in [1.29, 1.82) is 0 Å². The summed E-state index contributed by atoms with van der Waals surface area (Å²) < 4.78 is 5.52. The van der Waals surface area contributed by atoms with Crippen molar-refractivity contribution in [2.45, 2.75) is 66.2 Å². The largest absolute Gasteiger partial charge is 0.422 e. The van der Waals surface area contributed by atoms with Gasteiger partial charge in [-0.1, -0.05) is 26.3 Å². The second-order valence-corrected chi connectivity index (χ2v) is 11.4. The van der Waals surface area contributed by atoms with E-state index in [4.69, 9.17) is 4.74 Å². The van der Waals surface area contributed by atoms with E-state index in [1.165, 1.54) is 17.3 Å². The first-order chi connectivity index (χ1) is 14.2. The van der Waals surface area contributed by atoms with Crippen LogP contribution in [0.1, 0.15) is 66.2 Å². The van der Waals surface area contributed by atoms with Gasteiger partial charge in [0.2, 0.25) is 5.78 Å². The van der Waals surface area contributed by atoms with Crippen molar-refractivity contribution in [2.24, 2.45) is 34.5 Å². The van der Waals surface area contributed by atoms with Gasteiger partial charge in [0, 0.05) is 11.3 Å². The third kappa shape index (κ3) is 3.41. The number of hydrogen-bond donors (Lipinski definition) is 0. The Kier molecular flexibility index (Phi) is 5.80. The first kappa shape index (κ1) is 21.9. The monoisotopic (exact) mass is 430 g/mol. The molecule has 4 rings (SSSR count). The van der Waals surface area contributed by atoms with Crippen LogP contribution >= 0.6 is 11.8 Å². The van der Waals surface area contributed by atoms with Crippen molar-refractivity contribution in [3.05, 3.63) is 23.5 Å². The van der Waals surface area contributed by atoms with Crippen LogP contribution in [0.2, 0.25) is 0 Å². The van der Waals surface area contributed by atoms with E-state index in [1.807, 2.05) is 13.0 Å². The molecule has 3 saturated carbocycles. The van der Waals surface area contributed by atoms with Crippen molar-refractivity contribution in [3.63, 3.8) is 0 Å². The van der Waals surface area contributed by atoms with Crippen molar-refractivity contribution in [3.8, 4) is 0 Å². The number of hydrogen-bond acceptors (Lipinski definition) is 5. The Labute approximate surface area is 184 Å². The maximum absolute atomic E-state index is 12.6. The second-order valence-electron chi connectivity index (χ2n) is 10.1. The van der Waals surface area contributed by atoms with E-state index in [1.54, 1.807) is 13.0 Å². The van der Waals surface area contributed by atoms with E-state index in [2.05, 4.69) is 13.8 Å². The molecule has 0 radical (unpaired) electrons. The van der Waals surface area contributed by atoms with Crippen molar-refractivity contribution < 1.29 is 19.1 Å². The number of carbonyl (C=O) groups is 3. The fourth-order valence-electron chi connectivity index (χ4n) is 7.35. The van der Waals surface area contributed by atoms with Gasteiger partial charge in [0.25, 0.3) is 0 Å². The van der Waals surface area contributed by atoms with E-state index in [-0.39, 0.29) is 40.0 Å². The molecule has 0 saturated heterocycles. The maximum atomic E-state index is 12.6. The molecule has 164 valence electrons. The van der Waals surface area contributed by atoms with E-state index >= 15 is 0 Å². The number of rotatable bonds is 5. The van der Waals surface area contributed by atoms with E-state index in [0.717, 1.165) is 44.3 Å². The number of fused-ring (bicyclic) bond motifs is 5. The standard InChI is InChI=1S/C25H34O4S/c1-5-30-14-23(28)29-22-13-25(4)16(12-21(22)27)6-7-17-19-9-8-18(15(2)26)24(19,3)11-10-20(17)25/h12-13,17-20H,5-11,14H2,1-4H3/t17-,18+,19-,20-,24+,25-/m0/s1. The lowest BCUT2D eigenvalue weighted by atomic mass is 9.47. The molecule has 5 heteroatoms. The van der Waals surface area contributed by atoms with Crippen LogP contribution in [0.4, 0.5) is 0 Å². The average Bonchev–Trinajstić information content (AvgIpc) is 3.05. The third-order valence-corrected chi connectivity index (χ3v) is 9.61. The second kappa shape index (κ2) is 7.96. The highest BCUT2D eigenvalue weighted by Gasteiger charge is 2.59. The number of allylic oxidation sites excluding steroid dienone is 3. The van der Waals surface area contributed by atoms with Crippen LogP contribution < -0.4 is 0 Å². The van der Waals surface area contributed by atoms with Gasteiger partial charge in [-0.3, -0.25) is 14.4 Å². The summed E-state index contributed by atoms with van der Waals surface area (Å²) in [4.78, 5) is 37.1. The Morgan fingerprint density at radius 1 is 1.17 bits per heavy atom. The predicted octanol–water partition coefficient (Wildman–Crippen LogP) is 5.12. The highest BCUT2D eigenvalue weighted by Crippen LogP contribution is 2.66. The van der Waals surface area contributed by atoms with Crippen LogP contribution in [-0.2, 0) is 19.1 Å². The van der Waals surface area contributed by atoms with Crippen molar-refractivity contribution >= 4 is 29.3 Å². The highest BCUT2D eigenvalue weighted by molar-refractivity contribution is 7.99. The molecule has 30 heavy (non-hydrogen) atoms. The molecular weight excluding hydrogens is 396 g/mol. The molecule has 3 fully saturated rings. The molecule has 0 N–H and O–H groups in total. The zero-order chi connectivity index (χ0) is 21.7. The average molecular weight is 431 g/mol. The van der Waals surface area contributed by atoms with E-state index in [0.29, 0.717) is 23.5 Å². The predicted molar refractivity (Wildman–Crippen MR) is 119 cm³/mol. The SMILES string of the molecule is CCSCC(=O)OC1=C[C@@]2(C)C(=CC1=O)CC[C@H]1[C@@H]3CC[C@H](C(C)=O)[C@@]3(C)CC[C@@H]12. The van der Waals surface area contributed by atoms with Crippen molar-refractivity contribution in [2.75, 3.05) is 11.5 Å². The van der Waals surface area contributed by atoms with Gasteiger partial charge >= 0.3 is 5.97 Å². The first-order valence-electron chi connectivity index (χ1n) is 11.5. The smallest absolute Gasteiger partial charge is 0.321 e. The molecule has 0 heterocycles. The van der Waals surface area contributed by atoms with Crippen LogP contribution in [0, 0.1) is 34.5 Å². The van der Waals surface area contributed by atoms with Crippen molar-refractivity contribution in [1.82, 2.24) is 0 Å². The summed E-state index contributed by atoms with van der Waals surface area (Å²) in [5.74, 6) is 2.93. The molecule has 0 bridgehead atoms.